The molecule has 0 aromatic carbocycles. The average molecular weight is 268 g/mol. The van der Waals surface area contributed by atoms with E-state index in [4.69, 9.17) is 20.3 Å². The number of rotatable bonds is 5. The number of carbonyl (C=O) groups is 1. The summed E-state index contributed by atoms with van der Waals surface area (Å²) in [4.78, 5) is 20.4. The minimum atomic E-state index is -1.16. The second kappa shape index (κ2) is 6.30. The number of aromatic nitrogens is 2. The smallest absolute Gasteiger partial charge is 0.354 e. The predicted octanol–water partition coefficient (Wildman–Crippen LogP) is -0.532. The summed E-state index contributed by atoms with van der Waals surface area (Å²) in [5.41, 5.74) is 5.25. The topological polar surface area (TPSA) is 111 Å². The summed E-state index contributed by atoms with van der Waals surface area (Å²) < 4.78 is 10.6. The van der Waals surface area contributed by atoms with Crippen LogP contribution in [0.4, 0.5) is 5.95 Å². The molecule has 1 aliphatic heterocycles. The maximum atomic E-state index is 10.8. The van der Waals surface area contributed by atoms with E-state index in [0.717, 1.165) is 32.8 Å². The number of nitrogens with two attached hydrogens (primary N) is 1. The van der Waals surface area contributed by atoms with Gasteiger partial charge in [0.25, 0.3) is 0 Å². The van der Waals surface area contributed by atoms with E-state index in [-0.39, 0.29) is 17.5 Å². The monoisotopic (exact) mass is 268 g/mol. The quantitative estimate of drug-likeness (QED) is 0.733. The van der Waals surface area contributed by atoms with Gasteiger partial charge in [0.15, 0.2) is 5.69 Å². The van der Waals surface area contributed by atoms with Gasteiger partial charge in [-0.3, -0.25) is 4.90 Å². The average Bonchev–Trinajstić information content (AvgIpc) is 2.39. The lowest BCUT2D eigenvalue weighted by Gasteiger charge is -2.26. The maximum Gasteiger partial charge on any atom is 0.354 e. The van der Waals surface area contributed by atoms with Gasteiger partial charge in [-0.05, 0) is 0 Å². The summed E-state index contributed by atoms with van der Waals surface area (Å²) in [7, 11) is 0. The molecule has 0 unspecified atom stereocenters. The first-order chi connectivity index (χ1) is 9.15. The van der Waals surface area contributed by atoms with Crippen LogP contribution >= 0.6 is 0 Å². The molecule has 8 heteroatoms. The van der Waals surface area contributed by atoms with Crippen molar-refractivity contribution in [1.29, 1.82) is 0 Å². The number of hydrogen-bond donors (Lipinski definition) is 2. The van der Waals surface area contributed by atoms with E-state index in [1.54, 1.807) is 0 Å². The van der Waals surface area contributed by atoms with Crippen molar-refractivity contribution in [2.45, 2.75) is 0 Å². The highest BCUT2D eigenvalue weighted by molar-refractivity contribution is 5.85. The molecule has 0 bridgehead atoms. The van der Waals surface area contributed by atoms with E-state index in [1.165, 1.54) is 6.07 Å². The largest absolute Gasteiger partial charge is 0.477 e. The van der Waals surface area contributed by atoms with Gasteiger partial charge in [0.05, 0.1) is 13.2 Å². The highest BCUT2D eigenvalue weighted by atomic mass is 16.5. The molecular weight excluding hydrogens is 252 g/mol. The van der Waals surface area contributed by atoms with Crippen LogP contribution in [0.15, 0.2) is 6.07 Å². The Morgan fingerprint density at radius 2 is 2.21 bits per heavy atom. The molecule has 1 aromatic heterocycles. The van der Waals surface area contributed by atoms with Crippen molar-refractivity contribution in [3.63, 3.8) is 0 Å². The Morgan fingerprint density at radius 1 is 1.47 bits per heavy atom. The first-order valence-corrected chi connectivity index (χ1v) is 5.96. The molecule has 1 aliphatic rings. The summed E-state index contributed by atoms with van der Waals surface area (Å²) in [6.45, 7) is 4.34. The van der Waals surface area contributed by atoms with Crippen LogP contribution < -0.4 is 10.5 Å². The Labute approximate surface area is 110 Å². The Balaban J connectivity index is 1.86. The molecule has 1 fully saturated rings. The highest BCUT2D eigenvalue weighted by Crippen LogP contribution is 2.10. The third kappa shape index (κ3) is 4.04. The number of hydrogen-bond acceptors (Lipinski definition) is 7. The molecule has 0 spiro atoms. The van der Waals surface area contributed by atoms with E-state index >= 15 is 0 Å². The Hall–Kier alpha value is -1.93. The minimum absolute atomic E-state index is 0.110. The number of nitrogen functional groups attached to an aromatic ring is 1. The van der Waals surface area contributed by atoms with Gasteiger partial charge in [-0.1, -0.05) is 0 Å². The molecule has 2 heterocycles. The molecule has 19 heavy (non-hydrogen) atoms. The van der Waals surface area contributed by atoms with E-state index in [0.29, 0.717) is 6.61 Å². The Morgan fingerprint density at radius 3 is 2.89 bits per heavy atom. The summed E-state index contributed by atoms with van der Waals surface area (Å²) in [5, 5.41) is 8.84. The number of ether oxygens (including phenoxy) is 2. The molecule has 2 rings (SSSR count). The summed E-state index contributed by atoms with van der Waals surface area (Å²) in [6, 6.07) is 1.26. The molecule has 0 amide bonds. The number of nitrogens with zero attached hydrogens (tertiary/aromatic N) is 3. The number of morpholine rings is 1. The molecule has 0 aliphatic carbocycles. The Kier molecular flexibility index (Phi) is 4.48. The lowest BCUT2D eigenvalue weighted by Crippen LogP contribution is -2.38. The maximum absolute atomic E-state index is 10.8. The first kappa shape index (κ1) is 13.5. The van der Waals surface area contributed by atoms with Crippen molar-refractivity contribution in [2.24, 2.45) is 0 Å². The lowest BCUT2D eigenvalue weighted by molar-refractivity contribution is 0.0320. The molecule has 0 saturated carbocycles. The van der Waals surface area contributed by atoms with Crippen LogP contribution in [0.2, 0.25) is 0 Å². The summed E-state index contributed by atoms with van der Waals surface area (Å²) >= 11 is 0. The summed E-state index contributed by atoms with van der Waals surface area (Å²) in [5.74, 6) is -1.09. The van der Waals surface area contributed by atoms with E-state index < -0.39 is 5.97 Å². The predicted molar refractivity (Wildman–Crippen MR) is 66.2 cm³/mol. The fourth-order valence-corrected chi connectivity index (χ4v) is 1.73. The van der Waals surface area contributed by atoms with Gasteiger partial charge in [-0.15, -0.1) is 0 Å². The number of anilines is 1. The van der Waals surface area contributed by atoms with Crippen molar-refractivity contribution >= 4 is 11.9 Å². The summed E-state index contributed by atoms with van der Waals surface area (Å²) in [6.07, 6.45) is 0. The standard InChI is InChI=1S/C11H16N4O4/c12-11-13-8(10(16)17)7-9(14-11)19-6-3-15-1-4-18-5-2-15/h7H,1-6H2,(H,16,17)(H2,12,13,14). The molecule has 3 N–H and O–H groups in total. The van der Waals surface area contributed by atoms with Gasteiger partial charge >= 0.3 is 5.97 Å². The van der Waals surface area contributed by atoms with Crippen molar-refractivity contribution in [3.05, 3.63) is 11.8 Å². The Bertz CT molecular complexity index is 448. The van der Waals surface area contributed by atoms with E-state index in [9.17, 15) is 4.79 Å². The SMILES string of the molecule is Nc1nc(OCCN2CCOCC2)cc(C(=O)O)n1. The highest BCUT2D eigenvalue weighted by Gasteiger charge is 2.12. The van der Waals surface area contributed by atoms with Crippen LogP contribution in [0.1, 0.15) is 10.5 Å². The molecule has 8 nitrogen and oxygen atoms in total. The third-order valence-electron chi connectivity index (χ3n) is 2.70. The van der Waals surface area contributed by atoms with Crippen molar-refractivity contribution in [1.82, 2.24) is 14.9 Å². The number of carboxylic acid groups (broad SMARTS) is 1. The molecule has 104 valence electrons. The molecule has 1 aromatic rings. The second-order valence-corrected chi connectivity index (χ2v) is 4.06. The van der Waals surface area contributed by atoms with Crippen LogP contribution in [-0.4, -0.2) is 65.4 Å². The zero-order chi connectivity index (χ0) is 13.7. The van der Waals surface area contributed by atoms with Crippen LogP contribution in [0.5, 0.6) is 5.88 Å². The van der Waals surface area contributed by atoms with E-state index in [2.05, 4.69) is 14.9 Å². The van der Waals surface area contributed by atoms with Gasteiger partial charge in [-0.25, -0.2) is 9.78 Å². The second-order valence-electron chi connectivity index (χ2n) is 4.06. The van der Waals surface area contributed by atoms with Crippen molar-refractivity contribution in [3.8, 4) is 5.88 Å². The number of aromatic carboxylic acids is 1. The zero-order valence-electron chi connectivity index (χ0n) is 10.4. The number of carboxylic acids is 1. The van der Waals surface area contributed by atoms with Gasteiger partial charge in [0.2, 0.25) is 11.8 Å². The van der Waals surface area contributed by atoms with Crippen LogP contribution in [0.3, 0.4) is 0 Å². The van der Waals surface area contributed by atoms with Gasteiger partial charge < -0.3 is 20.3 Å². The molecule has 1 saturated heterocycles. The first-order valence-electron chi connectivity index (χ1n) is 5.96. The van der Waals surface area contributed by atoms with Gasteiger partial charge in [0, 0.05) is 25.7 Å². The van der Waals surface area contributed by atoms with Crippen molar-refractivity contribution < 1.29 is 19.4 Å². The molecule has 0 atom stereocenters. The van der Waals surface area contributed by atoms with Crippen molar-refractivity contribution in [2.75, 3.05) is 45.2 Å². The molecule has 0 radical (unpaired) electrons. The fourth-order valence-electron chi connectivity index (χ4n) is 1.73. The third-order valence-corrected chi connectivity index (χ3v) is 2.70. The van der Waals surface area contributed by atoms with Crippen LogP contribution in [0, 0.1) is 0 Å². The zero-order valence-corrected chi connectivity index (χ0v) is 10.4. The molecular formula is C11H16N4O4. The lowest BCUT2D eigenvalue weighted by atomic mass is 10.4. The van der Waals surface area contributed by atoms with Gasteiger partial charge in [-0.2, -0.15) is 4.98 Å². The van der Waals surface area contributed by atoms with Crippen LogP contribution in [0.25, 0.3) is 0 Å². The van der Waals surface area contributed by atoms with Gasteiger partial charge in [0.1, 0.15) is 6.61 Å². The van der Waals surface area contributed by atoms with Crippen LogP contribution in [-0.2, 0) is 4.74 Å². The normalized spacial score (nSPS) is 16.2. The fraction of sp³-hybridized carbons (Fsp3) is 0.545. The van der Waals surface area contributed by atoms with E-state index in [1.807, 2.05) is 0 Å². The minimum Gasteiger partial charge on any atom is -0.477 e.